The Morgan fingerprint density at radius 1 is 0.729 bits per heavy atom. The molecule has 14 heteroatoms. The first-order valence-corrected chi connectivity index (χ1v) is 18.7. The largest absolute Gasteiger partial charge is 0.491 e. The number of hydrogen-bond donors (Lipinski definition) is 4. The number of esters is 2. The van der Waals surface area contributed by atoms with Crippen molar-refractivity contribution in [1.82, 2.24) is 4.90 Å². The van der Waals surface area contributed by atoms with Crippen molar-refractivity contribution in [2.45, 2.75) is 49.4 Å². The summed E-state index contributed by atoms with van der Waals surface area (Å²) in [5.74, 6) is -4.60. The normalized spacial score (nSPS) is 17.9. The van der Waals surface area contributed by atoms with Crippen molar-refractivity contribution in [2.24, 2.45) is 0 Å². The molecule has 0 aromatic heterocycles. The Morgan fingerprint density at radius 2 is 1.24 bits per heavy atom. The van der Waals surface area contributed by atoms with Crippen LogP contribution in [0.5, 0.6) is 11.5 Å². The highest BCUT2D eigenvalue weighted by molar-refractivity contribution is 5.95. The molecule has 306 valence electrons. The third-order valence-electron chi connectivity index (χ3n) is 10.1. The van der Waals surface area contributed by atoms with Crippen molar-refractivity contribution in [3.63, 3.8) is 0 Å². The molecule has 0 saturated carbocycles. The summed E-state index contributed by atoms with van der Waals surface area (Å²) in [4.78, 5) is 49.0. The van der Waals surface area contributed by atoms with Crippen molar-refractivity contribution in [3.8, 4) is 11.5 Å². The molecule has 2 heterocycles. The molecule has 4 atom stereocenters. The first-order chi connectivity index (χ1) is 28.4. The zero-order chi connectivity index (χ0) is 41.9. The summed E-state index contributed by atoms with van der Waals surface area (Å²) < 4.78 is 34.7. The summed E-state index contributed by atoms with van der Waals surface area (Å²) >= 11 is 0. The van der Waals surface area contributed by atoms with Gasteiger partial charge in [0.25, 0.3) is 0 Å². The second-order valence-electron chi connectivity index (χ2n) is 13.9. The Morgan fingerprint density at radius 3 is 1.75 bits per heavy atom. The van der Waals surface area contributed by atoms with Crippen LogP contribution in [-0.4, -0.2) is 87.1 Å². The van der Waals surface area contributed by atoms with Crippen molar-refractivity contribution < 1.29 is 62.9 Å². The predicted molar refractivity (Wildman–Crippen MR) is 209 cm³/mol. The lowest BCUT2D eigenvalue weighted by atomic mass is 9.83. The summed E-state index contributed by atoms with van der Waals surface area (Å²) in [5, 5.41) is 40.6. The second-order valence-corrected chi connectivity index (χ2v) is 13.9. The van der Waals surface area contributed by atoms with Crippen LogP contribution in [0.2, 0.25) is 0 Å². The monoisotopic (exact) mass is 807 g/mol. The van der Waals surface area contributed by atoms with Crippen LogP contribution in [0.1, 0.15) is 56.4 Å². The molecule has 0 spiro atoms. The Bertz CT molecular complexity index is 2130. The number of ether oxygens (including phenoxy) is 4. The van der Waals surface area contributed by atoms with Gasteiger partial charge >= 0.3 is 23.9 Å². The fourth-order valence-corrected chi connectivity index (χ4v) is 6.77. The molecule has 0 aliphatic carbocycles. The third kappa shape index (κ3) is 10.7. The van der Waals surface area contributed by atoms with Gasteiger partial charge in [0.05, 0.1) is 22.8 Å². The number of nitrogens with zero attached hydrogens (tertiary/aromatic N) is 1. The van der Waals surface area contributed by atoms with Gasteiger partial charge in [-0.2, -0.15) is 0 Å². The summed E-state index contributed by atoms with van der Waals surface area (Å²) in [6.45, 7) is 2.07. The maximum absolute atomic E-state index is 13.3. The maximum atomic E-state index is 13.3. The SMILES string of the molecule is O=C(O[C@H](C(=O)O)[C@H](OC(=O)c1ccccc1)C(=O)O)c1ccccc1.OC1c2ccc(OCc3ccccc3)cc2OCC1N1CCC(O)(c2ccc(F)cc2)CC1. The van der Waals surface area contributed by atoms with Gasteiger partial charge in [-0.3, -0.25) is 4.90 Å². The lowest BCUT2D eigenvalue weighted by Gasteiger charge is -2.44. The Hall–Kier alpha value is -6.61. The Balaban J connectivity index is 0.000000205. The summed E-state index contributed by atoms with van der Waals surface area (Å²) in [6, 6.07) is 36.2. The summed E-state index contributed by atoms with van der Waals surface area (Å²) in [5.41, 5.74) is 1.64. The minimum Gasteiger partial charge on any atom is -0.491 e. The fourth-order valence-electron chi connectivity index (χ4n) is 6.77. The van der Waals surface area contributed by atoms with Gasteiger partial charge in [-0.1, -0.05) is 78.9 Å². The van der Waals surface area contributed by atoms with Gasteiger partial charge in [-0.25, -0.2) is 23.6 Å². The first kappa shape index (κ1) is 42.0. The van der Waals surface area contributed by atoms with E-state index < -0.39 is 47.8 Å². The number of rotatable bonds is 12. The van der Waals surface area contributed by atoms with E-state index in [2.05, 4.69) is 4.90 Å². The fraction of sp³-hybridized carbons (Fsp3) is 0.244. The van der Waals surface area contributed by atoms with E-state index in [1.807, 2.05) is 48.5 Å². The third-order valence-corrected chi connectivity index (χ3v) is 10.1. The number of aliphatic hydroxyl groups excluding tert-OH is 1. The smallest absolute Gasteiger partial charge is 0.349 e. The van der Waals surface area contributed by atoms with Gasteiger partial charge in [0.2, 0.25) is 12.2 Å². The number of carboxylic acids is 2. The maximum Gasteiger partial charge on any atom is 0.349 e. The number of carboxylic acid groups (broad SMARTS) is 2. The number of carbonyl (C=O) groups excluding carboxylic acids is 2. The average molecular weight is 808 g/mol. The predicted octanol–water partition coefficient (Wildman–Crippen LogP) is 5.79. The van der Waals surface area contributed by atoms with Gasteiger partial charge in [0.15, 0.2) is 0 Å². The molecule has 0 radical (unpaired) electrons. The molecular weight excluding hydrogens is 765 g/mol. The number of hydrogen-bond acceptors (Lipinski definition) is 11. The highest BCUT2D eigenvalue weighted by Gasteiger charge is 2.42. The van der Waals surface area contributed by atoms with Gasteiger partial charge in [0, 0.05) is 24.7 Å². The van der Waals surface area contributed by atoms with E-state index in [0.717, 1.165) is 16.7 Å². The topological polar surface area (TPSA) is 189 Å². The molecule has 2 unspecified atom stereocenters. The first-order valence-electron chi connectivity index (χ1n) is 18.7. The quantitative estimate of drug-likeness (QED) is 0.111. The van der Waals surface area contributed by atoms with E-state index in [4.69, 9.17) is 18.9 Å². The number of aliphatic hydroxyl groups is 2. The zero-order valence-corrected chi connectivity index (χ0v) is 31.6. The van der Waals surface area contributed by atoms with E-state index in [1.165, 1.54) is 60.7 Å². The van der Waals surface area contributed by atoms with Crippen molar-refractivity contribution in [1.29, 1.82) is 0 Å². The van der Waals surface area contributed by atoms with E-state index in [0.29, 0.717) is 50.6 Å². The molecule has 7 rings (SSSR count). The number of halogens is 1. The lowest BCUT2D eigenvalue weighted by Crippen LogP contribution is -2.52. The van der Waals surface area contributed by atoms with E-state index in [-0.39, 0.29) is 23.0 Å². The van der Waals surface area contributed by atoms with Gasteiger partial charge in [0.1, 0.15) is 36.6 Å². The Kier molecular flexibility index (Phi) is 13.7. The van der Waals surface area contributed by atoms with Gasteiger partial charge < -0.3 is 39.4 Å². The standard InChI is InChI=1S/C27H28FNO4.C18H14O8/c28-21-8-6-20(7-9-21)27(31)12-14-29(15-13-27)24-18-33-25-16-22(10-11-23(25)26(24)30)32-17-19-4-2-1-3-5-19;19-15(20)13(25-17(23)11-7-3-1-4-8-11)14(16(21)22)26-18(24)12-9-5-2-6-10-12/h1-11,16,24,26,30-31H,12-15,17-18H2;1-10,13-14H,(H,19,20)(H,21,22)/t;13-,14-/m.0/s1. The van der Waals surface area contributed by atoms with Crippen LogP contribution in [0.3, 0.4) is 0 Å². The molecule has 4 N–H and O–H groups in total. The van der Waals surface area contributed by atoms with Crippen LogP contribution in [0.25, 0.3) is 0 Å². The summed E-state index contributed by atoms with van der Waals surface area (Å²) in [6.07, 6.45) is -4.09. The van der Waals surface area contributed by atoms with Crippen molar-refractivity contribution in [3.05, 3.63) is 167 Å². The van der Waals surface area contributed by atoms with E-state index >= 15 is 0 Å². The minimum atomic E-state index is -2.21. The molecule has 2 aliphatic rings. The number of likely N-dealkylation sites (tertiary alicyclic amines) is 1. The van der Waals surface area contributed by atoms with Crippen LogP contribution in [0, 0.1) is 5.82 Å². The lowest BCUT2D eigenvalue weighted by molar-refractivity contribution is -0.166. The van der Waals surface area contributed by atoms with E-state index in [1.54, 1.807) is 24.3 Å². The van der Waals surface area contributed by atoms with Crippen molar-refractivity contribution >= 4 is 23.9 Å². The zero-order valence-electron chi connectivity index (χ0n) is 31.6. The average Bonchev–Trinajstić information content (AvgIpc) is 3.25. The second kappa shape index (κ2) is 19.2. The van der Waals surface area contributed by atoms with E-state index in [9.17, 15) is 44.0 Å². The molecule has 0 bridgehead atoms. The van der Waals surface area contributed by atoms with Crippen LogP contribution in [0.4, 0.5) is 4.39 Å². The Labute approximate surface area is 338 Å². The molecular formula is C45H42FNO12. The number of aliphatic carboxylic acids is 2. The van der Waals surface area contributed by atoms with Gasteiger partial charge in [-0.15, -0.1) is 0 Å². The van der Waals surface area contributed by atoms with Crippen LogP contribution < -0.4 is 9.47 Å². The van der Waals surface area contributed by atoms with Gasteiger partial charge in [-0.05, 0) is 72.5 Å². The molecule has 13 nitrogen and oxygen atoms in total. The molecule has 1 saturated heterocycles. The molecule has 1 fully saturated rings. The molecule has 0 amide bonds. The number of benzene rings is 5. The highest BCUT2D eigenvalue weighted by atomic mass is 19.1. The van der Waals surface area contributed by atoms with Crippen LogP contribution in [-0.2, 0) is 31.3 Å². The van der Waals surface area contributed by atoms with Crippen LogP contribution >= 0.6 is 0 Å². The number of carbonyl (C=O) groups is 4. The minimum absolute atomic E-state index is 0.0253. The highest BCUT2D eigenvalue weighted by Crippen LogP contribution is 2.40. The van der Waals surface area contributed by atoms with Crippen molar-refractivity contribution in [2.75, 3.05) is 19.7 Å². The molecule has 5 aromatic rings. The number of piperidine rings is 1. The van der Waals surface area contributed by atoms with Crippen LogP contribution in [0.15, 0.2) is 133 Å². The molecule has 5 aromatic carbocycles. The number of fused-ring (bicyclic) bond motifs is 1. The molecule has 59 heavy (non-hydrogen) atoms. The molecule has 2 aliphatic heterocycles. The summed E-state index contributed by atoms with van der Waals surface area (Å²) in [7, 11) is 0.